The van der Waals surface area contributed by atoms with E-state index in [4.69, 9.17) is 9.73 Å². The molecule has 1 saturated heterocycles. The fraction of sp³-hybridized carbons (Fsp3) is 0.619. The highest BCUT2D eigenvalue weighted by atomic mass is 127. The van der Waals surface area contributed by atoms with Gasteiger partial charge in [-0.2, -0.15) is 0 Å². The molecule has 1 aliphatic heterocycles. The average molecular weight is 517 g/mol. The van der Waals surface area contributed by atoms with Crippen LogP contribution in [0.1, 0.15) is 26.3 Å². The van der Waals surface area contributed by atoms with Crippen LogP contribution in [0.4, 0.5) is 0 Å². The Morgan fingerprint density at radius 1 is 1.28 bits per heavy atom. The standard InChI is InChI=1S/C21H35N5O2.HI/c1-15(2)26-13-16(3)19(14-26)24-21(23-12-20(27)25(4)5)22-11-17-7-9-18(28-6)10-8-17;/h7-10,15-16,19H,11-14H2,1-6H3,(H2,22,23,24);1H. The number of likely N-dealkylation sites (N-methyl/N-ethyl adjacent to an activating group) is 1. The predicted octanol–water partition coefficient (Wildman–Crippen LogP) is 2.17. The second-order valence-corrected chi connectivity index (χ2v) is 7.93. The second-order valence-electron chi connectivity index (χ2n) is 7.93. The number of halogens is 1. The van der Waals surface area contributed by atoms with E-state index in [0.29, 0.717) is 30.5 Å². The molecule has 1 fully saturated rings. The van der Waals surface area contributed by atoms with Crippen LogP contribution < -0.4 is 15.4 Å². The average Bonchev–Trinajstić information content (AvgIpc) is 3.04. The minimum absolute atomic E-state index is 0. The van der Waals surface area contributed by atoms with Crippen molar-refractivity contribution in [2.75, 3.05) is 40.8 Å². The number of carbonyl (C=O) groups is 1. The van der Waals surface area contributed by atoms with Gasteiger partial charge in [0.25, 0.3) is 0 Å². The van der Waals surface area contributed by atoms with Crippen molar-refractivity contribution >= 4 is 35.8 Å². The summed E-state index contributed by atoms with van der Waals surface area (Å²) in [7, 11) is 5.17. The maximum atomic E-state index is 12.0. The van der Waals surface area contributed by atoms with Crippen molar-refractivity contribution in [3.8, 4) is 5.75 Å². The molecule has 2 unspecified atom stereocenters. The number of likely N-dealkylation sites (tertiary alicyclic amines) is 1. The van der Waals surface area contributed by atoms with Crippen molar-refractivity contribution in [2.45, 2.75) is 39.4 Å². The molecule has 0 saturated carbocycles. The van der Waals surface area contributed by atoms with E-state index in [1.165, 1.54) is 0 Å². The van der Waals surface area contributed by atoms with E-state index in [-0.39, 0.29) is 36.4 Å². The zero-order valence-electron chi connectivity index (χ0n) is 18.4. The summed E-state index contributed by atoms with van der Waals surface area (Å²) in [6.07, 6.45) is 0. The number of ether oxygens (including phenoxy) is 1. The van der Waals surface area contributed by atoms with Crippen LogP contribution in [0.3, 0.4) is 0 Å². The molecule has 0 spiro atoms. The van der Waals surface area contributed by atoms with E-state index in [1.54, 1.807) is 26.1 Å². The maximum absolute atomic E-state index is 12.0. The molecule has 0 radical (unpaired) electrons. The first kappa shape index (κ1) is 25.5. The molecule has 1 aromatic carbocycles. The van der Waals surface area contributed by atoms with Crippen LogP contribution in [0.2, 0.25) is 0 Å². The van der Waals surface area contributed by atoms with Crippen molar-refractivity contribution in [2.24, 2.45) is 10.9 Å². The van der Waals surface area contributed by atoms with E-state index in [1.807, 2.05) is 24.3 Å². The topological polar surface area (TPSA) is 69.2 Å². The summed E-state index contributed by atoms with van der Waals surface area (Å²) in [6, 6.07) is 8.70. The highest BCUT2D eigenvalue weighted by Crippen LogP contribution is 2.18. The number of methoxy groups -OCH3 is 1. The van der Waals surface area contributed by atoms with Crippen LogP contribution in [0.5, 0.6) is 5.75 Å². The normalized spacial score (nSPS) is 19.6. The summed E-state index contributed by atoms with van der Waals surface area (Å²) in [5.41, 5.74) is 1.09. The molecule has 8 heteroatoms. The Balaban J connectivity index is 0.00000420. The van der Waals surface area contributed by atoms with Gasteiger partial charge in [0.05, 0.1) is 20.2 Å². The Hall–Kier alpha value is -1.55. The van der Waals surface area contributed by atoms with Gasteiger partial charge >= 0.3 is 0 Å². The molecule has 2 rings (SSSR count). The summed E-state index contributed by atoms with van der Waals surface area (Å²) < 4.78 is 5.20. The van der Waals surface area contributed by atoms with Crippen LogP contribution in [-0.4, -0.2) is 74.6 Å². The fourth-order valence-corrected chi connectivity index (χ4v) is 3.16. The number of guanidine groups is 1. The SMILES string of the molecule is COc1ccc(CN=C(NCC(=O)N(C)C)NC2CN(C(C)C)CC2C)cc1.I. The first-order chi connectivity index (χ1) is 13.3. The molecular weight excluding hydrogens is 481 g/mol. The quantitative estimate of drug-likeness (QED) is 0.330. The molecule has 2 N–H and O–H groups in total. The third-order valence-electron chi connectivity index (χ3n) is 5.18. The minimum atomic E-state index is 0. The molecule has 1 aromatic rings. The number of hydrogen-bond donors (Lipinski definition) is 2. The molecule has 0 aromatic heterocycles. The lowest BCUT2D eigenvalue weighted by molar-refractivity contribution is -0.127. The molecule has 1 amide bonds. The van der Waals surface area contributed by atoms with E-state index < -0.39 is 0 Å². The number of amides is 1. The first-order valence-electron chi connectivity index (χ1n) is 9.92. The number of rotatable bonds is 7. The lowest BCUT2D eigenvalue weighted by Crippen LogP contribution is -2.49. The third-order valence-corrected chi connectivity index (χ3v) is 5.18. The third kappa shape index (κ3) is 8.00. The van der Waals surface area contributed by atoms with Crippen molar-refractivity contribution in [1.82, 2.24) is 20.4 Å². The number of carbonyl (C=O) groups excluding carboxylic acids is 1. The molecule has 1 aliphatic rings. The Bertz CT molecular complexity index is 664. The molecule has 164 valence electrons. The van der Waals surface area contributed by atoms with Gasteiger partial charge in [-0.15, -0.1) is 24.0 Å². The Labute approximate surface area is 192 Å². The van der Waals surface area contributed by atoms with Crippen LogP contribution in [0.25, 0.3) is 0 Å². The van der Waals surface area contributed by atoms with E-state index >= 15 is 0 Å². The molecule has 7 nitrogen and oxygen atoms in total. The Kier molecular flexibility index (Phi) is 10.7. The maximum Gasteiger partial charge on any atom is 0.241 e. The van der Waals surface area contributed by atoms with Gasteiger partial charge in [0.2, 0.25) is 5.91 Å². The van der Waals surface area contributed by atoms with Gasteiger partial charge in [0.1, 0.15) is 5.75 Å². The van der Waals surface area contributed by atoms with Crippen molar-refractivity contribution in [1.29, 1.82) is 0 Å². The summed E-state index contributed by atoms with van der Waals surface area (Å²) >= 11 is 0. The number of hydrogen-bond acceptors (Lipinski definition) is 4. The molecule has 0 aliphatic carbocycles. The van der Waals surface area contributed by atoms with Crippen LogP contribution in [0, 0.1) is 5.92 Å². The number of aliphatic imine (C=N–C) groups is 1. The van der Waals surface area contributed by atoms with Gasteiger partial charge in [0, 0.05) is 39.3 Å². The van der Waals surface area contributed by atoms with Gasteiger partial charge in [-0.3, -0.25) is 9.69 Å². The summed E-state index contributed by atoms with van der Waals surface area (Å²) in [4.78, 5) is 20.7. The van der Waals surface area contributed by atoms with Crippen LogP contribution in [0.15, 0.2) is 29.3 Å². The summed E-state index contributed by atoms with van der Waals surface area (Å²) in [5, 5.41) is 6.73. The molecule has 0 bridgehead atoms. The summed E-state index contributed by atoms with van der Waals surface area (Å²) in [5.74, 6) is 2.03. The van der Waals surface area contributed by atoms with E-state index in [9.17, 15) is 4.79 Å². The van der Waals surface area contributed by atoms with Crippen LogP contribution >= 0.6 is 24.0 Å². The molecule has 2 atom stereocenters. The van der Waals surface area contributed by atoms with Crippen LogP contribution in [-0.2, 0) is 11.3 Å². The van der Waals surface area contributed by atoms with Crippen molar-refractivity contribution in [3.63, 3.8) is 0 Å². The van der Waals surface area contributed by atoms with E-state index in [0.717, 1.165) is 24.4 Å². The molecule has 1 heterocycles. The second kappa shape index (κ2) is 12.2. The zero-order chi connectivity index (χ0) is 20.7. The lowest BCUT2D eigenvalue weighted by Gasteiger charge is -2.22. The summed E-state index contributed by atoms with van der Waals surface area (Å²) in [6.45, 7) is 9.50. The van der Waals surface area contributed by atoms with Gasteiger partial charge < -0.3 is 20.3 Å². The lowest BCUT2D eigenvalue weighted by atomic mass is 10.1. The number of nitrogens with zero attached hydrogens (tertiary/aromatic N) is 3. The smallest absolute Gasteiger partial charge is 0.241 e. The molecule has 29 heavy (non-hydrogen) atoms. The Morgan fingerprint density at radius 2 is 1.93 bits per heavy atom. The number of nitrogens with one attached hydrogen (secondary N) is 2. The van der Waals surface area contributed by atoms with Gasteiger partial charge in [-0.25, -0.2) is 4.99 Å². The van der Waals surface area contributed by atoms with Crippen molar-refractivity contribution < 1.29 is 9.53 Å². The van der Waals surface area contributed by atoms with Gasteiger partial charge in [0.15, 0.2) is 5.96 Å². The predicted molar refractivity (Wildman–Crippen MR) is 129 cm³/mol. The van der Waals surface area contributed by atoms with Gasteiger partial charge in [-0.1, -0.05) is 19.1 Å². The first-order valence-corrected chi connectivity index (χ1v) is 9.92. The monoisotopic (exact) mass is 517 g/mol. The zero-order valence-corrected chi connectivity index (χ0v) is 20.8. The largest absolute Gasteiger partial charge is 0.497 e. The highest BCUT2D eigenvalue weighted by molar-refractivity contribution is 14.0. The van der Waals surface area contributed by atoms with Gasteiger partial charge in [-0.05, 0) is 37.5 Å². The minimum Gasteiger partial charge on any atom is -0.497 e. The van der Waals surface area contributed by atoms with Crippen molar-refractivity contribution in [3.05, 3.63) is 29.8 Å². The number of benzene rings is 1. The Morgan fingerprint density at radius 3 is 2.45 bits per heavy atom. The van der Waals surface area contributed by atoms with E-state index in [2.05, 4.69) is 36.3 Å². The molecular formula is C21H36IN5O2. The highest BCUT2D eigenvalue weighted by Gasteiger charge is 2.31. The fourth-order valence-electron chi connectivity index (χ4n) is 3.16.